The van der Waals surface area contributed by atoms with E-state index in [1.807, 2.05) is 12.1 Å². The number of anilines is 1. The highest BCUT2D eigenvalue weighted by atomic mass is 127. The van der Waals surface area contributed by atoms with Gasteiger partial charge in [0.15, 0.2) is 5.82 Å². The van der Waals surface area contributed by atoms with Crippen molar-refractivity contribution in [2.45, 2.75) is 25.7 Å². The van der Waals surface area contributed by atoms with Crippen molar-refractivity contribution in [3.63, 3.8) is 0 Å². The molecule has 1 fully saturated rings. The van der Waals surface area contributed by atoms with Crippen LogP contribution in [0, 0.1) is 3.57 Å². The summed E-state index contributed by atoms with van der Waals surface area (Å²) in [7, 11) is 0. The number of hydrogen-bond donors (Lipinski definition) is 1. The maximum atomic E-state index is 6.21. The van der Waals surface area contributed by atoms with E-state index in [1.54, 1.807) is 6.20 Å². The minimum atomic E-state index is 0.559. The molecule has 2 aromatic heterocycles. The molecule has 0 atom stereocenters. The Bertz CT molecular complexity index is 643. The summed E-state index contributed by atoms with van der Waals surface area (Å²) in [5.41, 5.74) is 1.76. The molecule has 1 saturated carbocycles. The Labute approximate surface area is 136 Å². The van der Waals surface area contributed by atoms with Gasteiger partial charge in [0.1, 0.15) is 11.5 Å². The van der Waals surface area contributed by atoms with Crippen LogP contribution in [-0.4, -0.2) is 21.5 Å². The molecule has 20 heavy (non-hydrogen) atoms. The van der Waals surface area contributed by atoms with Crippen LogP contribution in [0.25, 0.3) is 11.5 Å². The Morgan fingerprint density at radius 1 is 1.40 bits per heavy atom. The van der Waals surface area contributed by atoms with E-state index in [2.05, 4.69) is 44.8 Å². The van der Waals surface area contributed by atoms with Crippen LogP contribution in [0.1, 0.15) is 31.4 Å². The van der Waals surface area contributed by atoms with E-state index in [-0.39, 0.29) is 0 Å². The average Bonchev–Trinajstić information content (AvgIpc) is 3.26. The molecule has 2 heterocycles. The second kappa shape index (κ2) is 5.81. The zero-order valence-electron chi connectivity index (χ0n) is 11.0. The number of nitrogens with one attached hydrogen (secondary N) is 1. The van der Waals surface area contributed by atoms with Gasteiger partial charge in [-0.1, -0.05) is 11.6 Å². The summed E-state index contributed by atoms with van der Waals surface area (Å²) in [4.78, 5) is 13.6. The van der Waals surface area contributed by atoms with Crippen molar-refractivity contribution in [2.24, 2.45) is 0 Å². The van der Waals surface area contributed by atoms with Gasteiger partial charge >= 0.3 is 0 Å². The zero-order chi connectivity index (χ0) is 14.1. The Morgan fingerprint density at radius 3 is 2.85 bits per heavy atom. The van der Waals surface area contributed by atoms with Gasteiger partial charge in [0.2, 0.25) is 0 Å². The van der Waals surface area contributed by atoms with Gasteiger partial charge in [-0.25, -0.2) is 9.97 Å². The fourth-order valence-corrected chi connectivity index (χ4v) is 3.11. The highest BCUT2D eigenvalue weighted by Crippen LogP contribution is 2.43. The van der Waals surface area contributed by atoms with Crippen LogP contribution in [0.5, 0.6) is 0 Å². The molecule has 104 valence electrons. The molecule has 0 saturated heterocycles. The maximum absolute atomic E-state index is 6.21. The lowest BCUT2D eigenvalue weighted by Gasteiger charge is -2.12. The van der Waals surface area contributed by atoms with Crippen molar-refractivity contribution >= 4 is 40.0 Å². The second-order valence-corrected chi connectivity index (χ2v) is 6.22. The quantitative estimate of drug-likeness (QED) is 0.785. The van der Waals surface area contributed by atoms with E-state index in [1.165, 1.54) is 12.8 Å². The van der Waals surface area contributed by atoms with Gasteiger partial charge < -0.3 is 5.32 Å². The Hall–Kier alpha value is -0.950. The summed E-state index contributed by atoms with van der Waals surface area (Å²) in [5, 5.41) is 3.88. The summed E-state index contributed by atoms with van der Waals surface area (Å²) < 4.78 is 1.11. The molecule has 1 N–H and O–H groups in total. The van der Waals surface area contributed by atoms with Gasteiger partial charge in [-0.3, -0.25) is 4.98 Å². The van der Waals surface area contributed by atoms with Crippen LogP contribution in [0.4, 0.5) is 5.82 Å². The highest BCUT2D eigenvalue weighted by molar-refractivity contribution is 14.1. The summed E-state index contributed by atoms with van der Waals surface area (Å²) in [5.74, 6) is 2.04. The smallest absolute Gasteiger partial charge is 0.182 e. The van der Waals surface area contributed by atoms with Crippen LogP contribution in [0.2, 0.25) is 5.02 Å². The van der Waals surface area contributed by atoms with Crippen LogP contribution < -0.4 is 5.32 Å². The lowest BCUT2D eigenvalue weighted by molar-refractivity contribution is 0.966. The van der Waals surface area contributed by atoms with Gasteiger partial charge in [0, 0.05) is 18.7 Å². The van der Waals surface area contributed by atoms with Crippen molar-refractivity contribution < 1.29 is 0 Å². The molecule has 3 rings (SSSR count). The normalized spacial score (nSPS) is 14.3. The molecule has 0 amide bonds. The van der Waals surface area contributed by atoms with Crippen molar-refractivity contribution in [2.75, 3.05) is 11.9 Å². The lowest BCUT2D eigenvalue weighted by Crippen LogP contribution is -2.08. The van der Waals surface area contributed by atoms with Gasteiger partial charge in [-0.2, -0.15) is 0 Å². The molecule has 0 unspecified atom stereocenters. The molecule has 1 aliphatic rings. The Balaban J connectivity index is 2.13. The third kappa shape index (κ3) is 2.74. The SMILES string of the molecule is CCNc1nc(-c2ncccc2Cl)nc(C2CC2)c1I. The fourth-order valence-electron chi connectivity index (χ4n) is 2.03. The van der Waals surface area contributed by atoms with Crippen molar-refractivity contribution in [1.82, 2.24) is 15.0 Å². The first-order valence-electron chi connectivity index (χ1n) is 6.63. The summed E-state index contributed by atoms with van der Waals surface area (Å²) in [6.45, 7) is 2.88. The third-order valence-electron chi connectivity index (χ3n) is 3.16. The van der Waals surface area contributed by atoms with E-state index >= 15 is 0 Å². The van der Waals surface area contributed by atoms with Gasteiger partial charge in [-0.15, -0.1) is 0 Å². The fraction of sp³-hybridized carbons (Fsp3) is 0.357. The van der Waals surface area contributed by atoms with Crippen LogP contribution in [0.3, 0.4) is 0 Å². The minimum absolute atomic E-state index is 0.559. The lowest BCUT2D eigenvalue weighted by atomic mass is 10.2. The molecule has 0 spiro atoms. The standard InChI is InChI=1S/C14H14ClIN4/c1-2-17-13-10(16)11(8-5-6-8)19-14(20-13)12-9(15)4-3-7-18-12/h3-4,7-8H,2,5-6H2,1H3,(H,17,19,20). The van der Waals surface area contributed by atoms with Crippen LogP contribution >= 0.6 is 34.2 Å². The first kappa shape index (κ1) is 14.0. The number of nitrogens with zero attached hydrogens (tertiary/aromatic N) is 3. The van der Waals surface area contributed by atoms with Crippen LogP contribution in [0.15, 0.2) is 18.3 Å². The predicted octanol–water partition coefficient (Wildman–Crippen LogP) is 4.11. The molecule has 0 bridgehead atoms. The molecule has 0 radical (unpaired) electrons. The summed E-state index contributed by atoms with van der Waals surface area (Å²) in [6.07, 6.45) is 4.12. The molecule has 6 heteroatoms. The van der Waals surface area contributed by atoms with Crippen LogP contribution in [-0.2, 0) is 0 Å². The second-order valence-electron chi connectivity index (χ2n) is 4.73. The molecule has 2 aromatic rings. The number of halogens is 2. The maximum Gasteiger partial charge on any atom is 0.182 e. The van der Waals surface area contributed by atoms with Gasteiger partial charge in [0.25, 0.3) is 0 Å². The Kier molecular flexibility index (Phi) is 4.07. The number of aromatic nitrogens is 3. The molecular formula is C14H14ClIN4. The zero-order valence-corrected chi connectivity index (χ0v) is 13.9. The third-order valence-corrected chi connectivity index (χ3v) is 4.52. The van der Waals surface area contributed by atoms with E-state index in [0.29, 0.717) is 22.5 Å². The summed E-state index contributed by atoms with van der Waals surface area (Å²) >= 11 is 8.53. The highest BCUT2D eigenvalue weighted by Gasteiger charge is 2.29. The predicted molar refractivity (Wildman–Crippen MR) is 89.1 cm³/mol. The monoisotopic (exact) mass is 400 g/mol. The molecule has 0 aromatic carbocycles. The molecule has 0 aliphatic heterocycles. The molecular weight excluding hydrogens is 387 g/mol. The van der Waals surface area contributed by atoms with E-state index < -0.39 is 0 Å². The van der Waals surface area contributed by atoms with E-state index in [0.717, 1.165) is 21.6 Å². The largest absolute Gasteiger partial charge is 0.369 e. The molecule has 4 nitrogen and oxygen atoms in total. The topological polar surface area (TPSA) is 50.7 Å². The first-order valence-corrected chi connectivity index (χ1v) is 8.08. The number of pyridine rings is 1. The summed E-state index contributed by atoms with van der Waals surface area (Å²) in [6, 6.07) is 3.63. The number of rotatable bonds is 4. The Morgan fingerprint density at radius 2 is 2.20 bits per heavy atom. The van der Waals surface area contributed by atoms with Crippen molar-refractivity contribution in [3.05, 3.63) is 32.6 Å². The van der Waals surface area contributed by atoms with Gasteiger partial charge in [0.05, 0.1) is 14.3 Å². The molecule has 1 aliphatic carbocycles. The van der Waals surface area contributed by atoms with Gasteiger partial charge in [-0.05, 0) is 54.5 Å². The van der Waals surface area contributed by atoms with E-state index in [4.69, 9.17) is 16.6 Å². The average molecular weight is 401 g/mol. The van der Waals surface area contributed by atoms with Crippen molar-refractivity contribution in [3.8, 4) is 11.5 Å². The van der Waals surface area contributed by atoms with E-state index in [9.17, 15) is 0 Å². The minimum Gasteiger partial charge on any atom is -0.369 e. The van der Waals surface area contributed by atoms with Crippen molar-refractivity contribution in [1.29, 1.82) is 0 Å². The number of hydrogen-bond acceptors (Lipinski definition) is 4. The first-order chi connectivity index (χ1) is 9.70.